The number of hydrogen-bond donors (Lipinski definition) is 2. The molecular formula is C15H23NO3. The summed E-state index contributed by atoms with van der Waals surface area (Å²) in [6.45, 7) is 3.83. The van der Waals surface area contributed by atoms with Crippen molar-refractivity contribution in [3.8, 4) is 5.75 Å². The Hall–Kier alpha value is -1.71. The van der Waals surface area contributed by atoms with Gasteiger partial charge >= 0.3 is 5.97 Å². The summed E-state index contributed by atoms with van der Waals surface area (Å²) >= 11 is 0. The molecule has 4 heteroatoms. The first-order chi connectivity index (χ1) is 9.01. The van der Waals surface area contributed by atoms with Crippen LogP contribution in [0, 0.1) is 0 Å². The molecule has 0 bridgehead atoms. The van der Waals surface area contributed by atoms with E-state index < -0.39 is 11.5 Å². The van der Waals surface area contributed by atoms with E-state index in [0.717, 1.165) is 24.9 Å². The van der Waals surface area contributed by atoms with Crippen LogP contribution in [0.1, 0.15) is 39.5 Å². The topological polar surface area (TPSA) is 58.6 Å². The fraction of sp³-hybridized carbons (Fsp3) is 0.533. The Morgan fingerprint density at radius 3 is 2.74 bits per heavy atom. The first kappa shape index (κ1) is 15.3. The van der Waals surface area contributed by atoms with Gasteiger partial charge < -0.3 is 15.2 Å². The van der Waals surface area contributed by atoms with Gasteiger partial charge in [-0.3, -0.25) is 0 Å². The van der Waals surface area contributed by atoms with Crippen molar-refractivity contribution in [2.24, 2.45) is 0 Å². The third kappa shape index (κ3) is 4.47. The molecule has 1 aromatic carbocycles. The van der Waals surface area contributed by atoms with Gasteiger partial charge in [0.25, 0.3) is 0 Å². The zero-order valence-electron chi connectivity index (χ0n) is 11.9. The van der Waals surface area contributed by atoms with Crippen molar-refractivity contribution in [2.45, 2.75) is 45.1 Å². The SMILES string of the molecule is CCCCCC(C)(Nc1cccc(OC)c1)C(=O)O. The second kappa shape index (κ2) is 7.02. The summed E-state index contributed by atoms with van der Waals surface area (Å²) in [6.07, 6.45) is 3.63. The Morgan fingerprint density at radius 1 is 1.42 bits per heavy atom. The summed E-state index contributed by atoms with van der Waals surface area (Å²) in [6, 6.07) is 7.33. The van der Waals surface area contributed by atoms with E-state index in [4.69, 9.17) is 4.74 Å². The summed E-state index contributed by atoms with van der Waals surface area (Å²) in [5.41, 5.74) is -0.178. The molecule has 0 amide bonds. The van der Waals surface area contributed by atoms with Crippen LogP contribution in [0.5, 0.6) is 5.75 Å². The number of carboxylic acids is 1. The zero-order valence-corrected chi connectivity index (χ0v) is 11.9. The van der Waals surface area contributed by atoms with Gasteiger partial charge in [0.15, 0.2) is 0 Å². The number of unbranched alkanes of at least 4 members (excludes halogenated alkanes) is 2. The molecule has 0 radical (unpaired) electrons. The molecule has 106 valence electrons. The predicted molar refractivity (Wildman–Crippen MR) is 76.8 cm³/mol. The van der Waals surface area contributed by atoms with Crippen LogP contribution in [-0.2, 0) is 4.79 Å². The largest absolute Gasteiger partial charge is 0.497 e. The molecule has 1 unspecified atom stereocenters. The number of benzene rings is 1. The van der Waals surface area contributed by atoms with Gasteiger partial charge in [-0.1, -0.05) is 32.3 Å². The minimum Gasteiger partial charge on any atom is -0.497 e. The van der Waals surface area contributed by atoms with Crippen molar-refractivity contribution < 1.29 is 14.6 Å². The van der Waals surface area contributed by atoms with Crippen molar-refractivity contribution in [1.82, 2.24) is 0 Å². The second-order valence-corrected chi connectivity index (χ2v) is 4.95. The van der Waals surface area contributed by atoms with Gasteiger partial charge in [-0.15, -0.1) is 0 Å². The van der Waals surface area contributed by atoms with Crippen LogP contribution in [-0.4, -0.2) is 23.7 Å². The monoisotopic (exact) mass is 265 g/mol. The summed E-state index contributed by atoms with van der Waals surface area (Å²) < 4.78 is 5.14. The lowest BCUT2D eigenvalue weighted by molar-refractivity contribution is -0.142. The van der Waals surface area contributed by atoms with E-state index in [0.29, 0.717) is 12.2 Å². The normalized spacial score (nSPS) is 13.6. The number of hydrogen-bond acceptors (Lipinski definition) is 3. The maximum absolute atomic E-state index is 11.5. The minimum atomic E-state index is -0.943. The summed E-state index contributed by atoms with van der Waals surface area (Å²) in [5, 5.41) is 12.5. The first-order valence-corrected chi connectivity index (χ1v) is 6.67. The van der Waals surface area contributed by atoms with Crippen molar-refractivity contribution in [1.29, 1.82) is 0 Å². The molecule has 1 atom stereocenters. The molecule has 0 aliphatic rings. The molecule has 1 aromatic rings. The third-order valence-corrected chi connectivity index (χ3v) is 3.24. The van der Waals surface area contributed by atoms with Gasteiger partial charge in [-0.25, -0.2) is 4.79 Å². The predicted octanol–water partition coefficient (Wildman–Crippen LogP) is 3.53. The molecule has 1 rings (SSSR count). The molecule has 2 N–H and O–H groups in total. The maximum atomic E-state index is 11.5. The van der Waals surface area contributed by atoms with E-state index in [-0.39, 0.29) is 0 Å². The molecule has 19 heavy (non-hydrogen) atoms. The molecule has 0 heterocycles. The van der Waals surface area contributed by atoms with E-state index in [1.54, 1.807) is 20.1 Å². The van der Waals surface area contributed by atoms with Crippen molar-refractivity contribution in [3.63, 3.8) is 0 Å². The Morgan fingerprint density at radius 2 is 2.16 bits per heavy atom. The van der Waals surface area contributed by atoms with Crippen molar-refractivity contribution >= 4 is 11.7 Å². The fourth-order valence-electron chi connectivity index (χ4n) is 1.97. The number of methoxy groups -OCH3 is 1. The third-order valence-electron chi connectivity index (χ3n) is 3.24. The lowest BCUT2D eigenvalue weighted by atomic mass is 9.94. The van der Waals surface area contributed by atoms with Gasteiger partial charge in [0.05, 0.1) is 7.11 Å². The number of carboxylic acid groups (broad SMARTS) is 1. The number of rotatable bonds is 8. The van der Waals surface area contributed by atoms with E-state index in [1.807, 2.05) is 18.2 Å². The lowest BCUT2D eigenvalue weighted by Gasteiger charge is -2.27. The van der Waals surface area contributed by atoms with Crippen molar-refractivity contribution in [2.75, 3.05) is 12.4 Å². The smallest absolute Gasteiger partial charge is 0.329 e. The molecule has 0 saturated heterocycles. The van der Waals surface area contributed by atoms with Crippen LogP contribution >= 0.6 is 0 Å². The summed E-state index contributed by atoms with van der Waals surface area (Å²) in [5.74, 6) is -0.113. The highest BCUT2D eigenvalue weighted by molar-refractivity contribution is 5.82. The second-order valence-electron chi connectivity index (χ2n) is 4.95. The Bertz CT molecular complexity index is 420. The molecule has 0 aromatic heterocycles. The van der Waals surface area contributed by atoms with Gasteiger partial charge in [0, 0.05) is 11.8 Å². The van der Waals surface area contributed by atoms with E-state index >= 15 is 0 Å². The number of nitrogens with one attached hydrogen (secondary N) is 1. The van der Waals surface area contributed by atoms with Crippen LogP contribution < -0.4 is 10.1 Å². The van der Waals surface area contributed by atoms with E-state index in [9.17, 15) is 9.90 Å². The number of anilines is 1. The fourth-order valence-corrected chi connectivity index (χ4v) is 1.97. The van der Waals surface area contributed by atoms with Crippen molar-refractivity contribution in [3.05, 3.63) is 24.3 Å². The number of carbonyl (C=O) groups is 1. The minimum absolute atomic E-state index is 0.605. The summed E-state index contributed by atoms with van der Waals surface area (Å²) in [4.78, 5) is 11.5. The Labute approximate surface area is 114 Å². The highest BCUT2D eigenvalue weighted by Gasteiger charge is 2.32. The standard InChI is InChI=1S/C15H23NO3/c1-4-5-6-10-15(2,14(17)18)16-12-8-7-9-13(11-12)19-3/h7-9,11,16H,4-6,10H2,1-3H3,(H,17,18). The van der Waals surface area contributed by atoms with Gasteiger partial charge in [0.1, 0.15) is 11.3 Å². The van der Waals surface area contributed by atoms with Crippen LogP contribution in [0.4, 0.5) is 5.69 Å². The number of ether oxygens (including phenoxy) is 1. The zero-order chi connectivity index (χ0) is 14.3. The van der Waals surface area contributed by atoms with Crippen LogP contribution in [0.2, 0.25) is 0 Å². The van der Waals surface area contributed by atoms with Gasteiger partial charge in [0.2, 0.25) is 0 Å². The molecule has 0 aliphatic carbocycles. The summed E-state index contributed by atoms with van der Waals surface area (Å²) in [7, 11) is 1.59. The average molecular weight is 265 g/mol. The molecule has 0 aliphatic heterocycles. The number of aliphatic carboxylic acids is 1. The van der Waals surface area contributed by atoms with E-state index in [1.165, 1.54) is 0 Å². The highest BCUT2D eigenvalue weighted by atomic mass is 16.5. The van der Waals surface area contributed by atoms with Crippen LogP contribution in [0.3, 0.4) is 0 Å². The van der Waals surface area contributed by atoms with Gasteiger partial charge in [-0.2, -0.15) is 0 Å². The van der Waals surface area contributed by atoms with Gasteiger partial charge in [-0.05, 0) is 25.5 Å². The Kier molecular flexibility index (Phi) is 5.67. The quantitative estimate of drug-likeness (QED) is 0.706. The lowest BCUT2D eigenvalue weighted by Crippen LogP contribution is -2.43. The van der Waals surface area contributed by atoms with Crippen LogP contribution in [0.25, 0.3) is 0 Å². The van der Waals surface area contributed by atoms with E-state index in [2.05, 4.69) is 12.2 Å². The maximum Gasteiger partial charge on any atom is 0.329 e. The molecular weight excluding hydrogens is 242 g/mol. The molecule has 0 spiro atoms. The van der Waals surface area contributed by atoms with Crippen LogP contribution in [0.15, 0.2) is 24.3 Å². The molecule has 0 fully saturated rings. The molecule has 4 nitrogen and oxygen atoms in total. The first-order valence-electron chi connectivity index (χ1n) is 6.67. The highest BCUT2D eigenvalue weighted by Crippen LogP contribution is 2.24. The Balaban J connectivity index is 2.79. The molecule has 0 saturated carbocycles. The average Bonchev–Trinajstić information content (AvgIpc) is 2.39.